The monoisotopic (exact) mass is 315 g/mol. The molecule has 0 saturated heterocycles. The lowest BCUT2D eigenvalue weighted by Gasteiger charge is -2.48. The van der Waals surface area contributed by atoms with Gasteiger partial charge in [0.15, 0.2) is 0 Å². The molecule has 21 heavy (non-hydrogen) atoms. The zero-order valence-electron chi connectivity index (χ0n) is 13.6. The van der Waals surface area contributed by atoms with Gasteiger partial charge in [0.25, 0.3) is 0 Å². The molecule has 0 amide bonds. The number of rotatable bonds is 10. The SMILES string of the molecule is C=CCOP(=O)(OCC=C)C1(N(CC)CC)CCCCC1. The van der Waals surface area contributed by atoms with E-state index in [1.807, 2.05) is 0 Å². The Morgan fingerprint density at radius 3 is 1.90 bits per heavy atom. The largest absolute Gasteiger partial charge is 0.351 e. The van der Waals surface area contributed by atoms with E-state index in [1.165, 1.54) is 6.42 Å². The molecular weight excluding hydrogens is 285 g/mol. The highest BCUT2D eigenvalue weighted by molar-refractivity contribution is 7.55. The minimum absolute atomic E-state index is 0.247. The third kappa shape index (κ3) is 4.07. The van der Waals surface area contributed by atoms with E-state index in [0.717, 1.165) is 38.8 Å². The van der Waals surface area contributed by atoms with Gasteiger partial charge in [-0.25, -0.2) is 0 Å². The number of hydrogen-bond donors (Lipinski definition) is 0. The van der Waals surface area contributed by atoms with Gasteiger partial charge >= 0.3 is 7.60 Å². The maximum Gasteiger partial charge on any atom is 0.351 e. The lowest BCUT2D eigenvalue weighted by molar-refractivity contribution is 0.0826. The predicted octanol–water partition coefficient (Wildman–Crippen LogP) is 4.59. The van der Waals surface area contributed by atoms with Gasteiger partial charge in [-0.2, -0.15) is 0 Å². The summed E-state index contributed by atoms with van der Waals surface area (Å²) in [5.74, 6) is 0. The Morgan fingerprint density at radius 1 is 1.05 bits per heavy atom. The molecule has 122 valence electrons. The van der Waals surface area contributed by atoms with Crippen LogP contribution in [0.1, 0.15) is 46.0 Å². The van der Waals surface area contributed by atoms with Gasteiger partial charge in [-0.15, -0.1) is 13.2 Å². The molecule has 0 N–H and O–H groups in total. The van der Waals surface area contributed by atoms with E-state index < -0.39 is 12.9 Å². The summed E-state index contributed by atoms with van der Waals surface area (Å²) in [6, 6.07) is 0. The molecule has 0 heterocycles. The van der Waals surface area contributed by atoms with Crippen LogP contribution in [-0.2, 0) is 13.6 Å². The Morgan fingerprint density at radius 2 is 1.52 bits per heavy atom. The third-order valence-electron chi connectivity index (χ3n) is 4.24. The zero-order valence-corrected chi connectivity index (χ0v) is 14.4. The molecule has 1 saturated carbocycles. The van der Waals surface area contributed by atoms with Crippen molar-refractivity contribution in [1.82, 2.24) is 4.90 Å². The van der Waals surface area contributed by atoms with E-state index in [0.29, 0.717) is 0 Å². The summed E-state index contributed by atoms with van der Waals surface area (Å²) in [5.41, 5.74) is 0. The second kappa shape index (κ2) is 8.89. The summed E-state index contributed by atoms with van der Waals surface area (Å²) in [4.78, 5) is 2.26. The van der Waals surface area contributed by atoms with Crippen LogP contribution >= 0.6 is 7.60 Å². The van der Waals surface area contributed by atoms with Gasteiger partial charge in [-0.3, -0.25) is 9.46 Å². The molecule has 0 aromatic rings. The Bertz CT molecular complexity index is 358. The first-order chi connectivity index (χ1) is 10.1. The standard InChI is InChI=1S/C16H30NO3P/c1-5-14-19-21(18,20-15-6-2)16(17(7-3)8-4)12-10-9-11-13-16/h5-6H,1-2,7-15H2,3-4H3. The van der Waals surface area contributed by atoms with E-state index >= 15 is 0 Å². The summed E-state index contributed by atoms with van der Waals surface area (Å²) >= 11 is 0. The molecule has 0 aliphatic heterocycles. The normalized spacial score (nSPS) is 18.6. The van der Waals surface area contributed by atoms with Crippen molar-refractivity contribution in [3.8, 4) is 0 Å². The van der Waals surface area contributed by atoms with Crippen molar-refractivity contribution in [3.05, 3.63) is 25.3 Å². The maximum atomic E-state index is 13.6. The highest BCUT2D eigenvalue weighted by Crippen LogP contribution is 2.66. The summed E-state index contributed by atoms with van der Waals surface area (Å²) < 4.78 is 25.1. The van der Waals surface area contributed by atoms with Crippen LogP contribution in [-0.4, -0.2) is 36.5 Å². The van der Waals surface area contributed by atoms with Gasteiger partial charge in [0.2, 0.25) is 0 Å². The Hall–Kier alpha value is -0.410. The highest BCUT2D eigenvalue weighted by atomic mass is 31.2. The van der Waals surface area contributed by atoms with Gasteiger partial charge in [0, 0.05) is 0 Å². The van der Waals surface area contributed by atoms with Crippen LogP contribution in [0.15, 0.2) is 25.3 Å². The van der Waals surface area contributed by atoms with Crippen LogP contribution in [0.25, 0.3) is 0 Å². The van der Waals surface area contributed by atoms with E-state index in [1.54, 1.807) is 12.2 Å². The van der Waals surface area contributed by atoms with Crippen molar-refractivity contribution < 1.29 is 13.6 Å². The first kappa shape index (κ1) is 18.6. The van der Waals surface area contributed by atoms with Crippen molar-refractivity contribution >= 4 is 7.60 Å². The van der Waals surface area contributed by atoms with Gasteiger partial charge in [-0.1, -0.05) is 45.3 Å². The van der Waals surface area contributed by atoms with Gasteiger partial charge in [0.1, 0.15) is 5.28 Å². The van der Waals surface area contributed by atoms with Crippen molar-refractivity contribution in [2.45, 2.75) is 51.2 Å². The molecule has 0 unspecified atom stereocenters. The molecule has 0 aromatic carbocycles. The van der Waals surface area contributed by atoms with E-state index in [9.17, 15) is 4.57 Å². The van der Waals surface area contributed by atoms with Crippen LogP contribution in [0, 0.1) is 0 Å². The second-order valence-electron chi connectivity index (χ2n) is 5.38. The van der Waals surface area contributed by atoms with Gasteiger partial charge < -0.3 is 9.05 Å². The van der Waals surface area contributed by atoms with E-state index in [2.05, 4.69) is 31.9 Å². The van der Waals surface area contributed by atoms with Crippen molar-refractivity contribution in [3.63, 3.8) is 0 Å². The first-order valence-electron chi connectivity index (χ1n) is 7.96. The first-order valence-corrected chi connectivity index (χ1v) is 9.50. The quantitative estimate of drug-likeness (QED) is 0.437. The minimum atomic E-state index is -3.26. The maximum absolute atomic E-state index is 13.6. The summed E-state index contributed by atoms with van der Waals surface area (Å²) in [5, 5.41) is -0.499. The van der Waals surface area contributed by atoms with Crippen LogP contribution in [0.3, 0.4) is 0 Å². The topological polar surface area (TPSA) is 38.8 Å². The van der Waals surface area contributed by atoms with E-state index in [-0.39, 0.29) is 13.2 Å². The fourth-order valence-electron chi connectivity index (χ4n) is 3.27. The number of nitrogens with zero attached hydrogens (tertiary/aromatic N) is 1. The molecule has 0 bridgehead atoms. The van der Waals surface area contributed by atoms with Crippen LogP contribution in [0.5, 0.6) is 0 Å². The van der Waals surface area contributed by atoms with Crippen LogP contribution in [0.4, 0.5) is 0 Å². The van der Waals surface area contributed by atoms with Crippen LogP contribution < -0.4 is 0 Å². The lowest BCUT2D eigenvalue weighted by atomic mass is 9.93. The van der Waals surface area contributed by atoms with Crippen LogP contribution in [0.2, 0.25) is 0 Å². The summed E-state index contributed by atoms with van der Waals surface area (Å²) in [7, 11) is -3.26. The predicted molar refractivity (Wildman–Crippen MR) is 88.6 cm³/mol. The lowest BCUT2D eigenvalue weighted by Crippen LogP contribution is -2.50. The average molecular weight is 315 g/mol. The summed E-state index contributed by atoms with van der Waals surface area (Å²) in [6.45, 7) is 13.7. The average Bonchev–Trinajstić information content (AvgIpc) is 2.53. The molecular formula is C16H30NO3P. The van der Waals surface area contributed by atoms with Crippen molar-refractivity contribution in [1.29, 1.82) is 0 Å². The molecule has 0 radical (unpaired) electrons. The number of hydrogen-bond acceptors (Lipinski definition) is 4. The fourth-order valence-corrected chi connectivity index (χ4v) is 5.92. The van der Waals surface area contributed by atoms with Crippen molar-refractivity contribution in [2.24, 2.45) is 0 Å². The van der Waals surface area contributed by atoms with Gasteiger partial charge in [-0.05, 0) is 25.9 Å². The molecule has 0 aromatic heterocycles. The summed E-state index contributed by atoms with van der Waals surface area (Å²) in [6.07, 6.45) is 8.29. The molecule has 1 fully saturated rings. The minimum Gasteiger partial charge on any atom is -0.303 e. The molecule has 1 aliphatic carbocycles. The molecule has 0 atom stereocenters. The Balaban J connectivity index is 3.17. The molecule has 5 heteroatoms. The third-order valence-corrected chi connectivity index (χ3v) is 6.97. The molecule has 0 spiro atoms. The second-order valence-corrected chi connectivity index (χ2v) is 7.73. The van der Waals surface area contributed by atoms with E-state index in [4.69, 9.17) is 9.05 Å². The molecule has 1 aliphatic rings. The fraction of sp³-hybridized carbons (Fsp3) is 0.750. The Labute approximate surface area is 129 Å². The Kier molecular flexibility index (Phi) is 7.89. The zero-order chi connectivity index (χ0) is 15.8. The van der Waals surface area contributed by atoms with Gasteiger partial charge in [0.05, 0.1) is 13.2 Å². The smallest absolute Gasteiger partial charge is 0.303 e. The highest BCUT2D eigenvalue weighted by Gasteiger charge is 2.54. The molecule has 4 nitrogen and oxygen atoms in total. The molecule has 1 rings (SSSR count). The van der Waals surface area contributed by atoms with Crippen molar-refractivity contribution in [2.75, 3.05) is 26.3 Å².